The molecule has 1 aliphatic carbocycles. The Hall–Kier alpha value is -2.71. The van der Waals surface area contributed by atoms with E-state index in [1.165, 1.54) is 0 Å². The third-order valence-corrected chi connectivity index (χ3v) is 6.52. The molecule has 1 N–H and O–H groups in total. The molecule has 0 saturated carbocycles. The summed E-state index contributed by atoms with van der Waals surface area (Å²) in [5.41, 5.74) is 0.561. The van der Waals surface area contributed by atoms with Crippen molar-refractivity contribution in [3.05, 3.63) is 57.1 Å². The Balaban J connectivity index is 1.43. The molecule has 142 valence electrons. The van der Waals surface area contributed by atoms with Crippen molar-refractivity contribution in [3.63, 3.8) is 0 Å². The van der Waals surface area contributed by atoms with Crippen LogP contribution in [0.4, 0.5) is 4.79 Å². The maximum absolute atomic E-state index is 13.2. The average molecular weight is 415 g/mol. The first-order valence-electron chi connectivity index (χ1n) is 8.87. The Bertz CT molecular complexity index is 1090. The van der Waals surface area contributed by atoms with Crippen molar-refractivity contribution in [2.45, 2.75) is 31.3 Å². The van der Waals surface area contributed by atoms with Crippen molar-refractivity contribution in [3.8, 4) is 11.4 Å². The van der Waals surface area contributed by atoms with Crippen LogP contribution in [0.15, 0.2) is 40.2 Å². The largest absolute Gasteiger partial charge is 0.337 e. The quantitative estimate of drug-likeness (QED) is 0.659. The number of nitrogens with one attached hydrogen (secondary N) is 1. The van der Waals surface area contributed by atoms with E-state index in [0.29, 0.717) is 22.8 Å². The van der Waals surface area contributed by atoms with E-state index < -0.39 is 11.6 Å². The fourth-order valence-electron chi connectivity index (χ4n) is 3.89. The van der Waals surface area contributed by atoms with Crippen LogP contribution in [0.1, 0.15) is 29.2 Å². The minimum atomic E-state index is -0.976. The Morgan fingerprint density at radius 1 is 1.29 bits per heavy atom. The third-order valence-electron chi connectivity index (χ3n) is 5.21. The fraction of sp³-hybridized carbons (Fsp3) is 0.263. The van der Waals surface area contributed by atoms with Gasteiger partial charge in [0, 0.05) is 16.0 Å². The topological polar surface area (TPSA) is 88.3 Å². The lowest BCUT2D eigenvalue weighted by molar-refractivity contribution is -0.132. The Labute approximate surface area is 169 Å². The number of imide groups is 1. The van der Waals surface area contributed by atoms with Gasteiger partial charge in [-0.2, -0.15) is 4.98 Å². The maximum atomic E-state index is 13.2. The van der Waals surface area contributed by atoms with Gasteiger partial charge in [0.05, 0.1) is 5.02 Å². The summed E-state index contributed by atoms with van der Waals surface area (Å²) in [6.45, 7) is -0.0800. The molecule has 3 heterocycles. The van der Waals surface area contributed by atoms with Gasteiger partial charge in [0.2, 0.25) is 11.7 Å². The third kappa shape index (κ3) is 2.56. The minimum absolute atomic E-state index is 0.0800. The summed E-state index contributed by atoms with van der Waals surface area (Å²) in [7, 11) is 0. The van der Waals surface area contributed by atoms with E-state index in [1.54, 1.807) is 23.5 Å². The predicted octanol–water partition coefficient (Wildman–Crippen LogP) is 3.74. The molecular formula is C19H15ClN4O3S. The summed E-state index contributed by atoms with van der Waals surface area (Å²) in [4.78, 5) is 32.4. The molecule has 9 heteroatoms. The molecule has 2 aromatic heterocycles. The van der Waals surface area contributed by atoms with E-state index in [-0.39, 0.29) is 18.3 Å². The highest BCUT2D eigenvalue weighted by molar-refractivity contribution is 7.10. The number of hydrogen-bond donors (Lipinski definition) is 1. The normalized spacial score (nSPS) is 21.2. The van der Waals surface area contributed by atoms with Crippen LogP contribution in [0.3, 0.4) is 0 Å². The van der Waals surface area contributed by atoms with Gasteiger partial charge in [0.25, 0.3) is 5.91 Å². The van der Waals surface area contributed by atoms with Crippen molar-refractivity contribution in [1.82, 2.24) is 20.4 Å². The lowest BCUT2D eigenvalue weighted by Gasteiger charge is -2.31. The van der Waals surface area contributed by atoms with E-state index in [9.17, 15) is 9.59 Å². The van der Waals surface area contributed by atoms with E-state index in [2.05, 4.69) is 15.5 Å². The number of benzene rings is 1. The molecule has 28 heavy (non-hydrogen) atoms. The van der Waals surface area contributed by atoms with Gasteiger partial charge in [-0.05, 0) is 42.8 Å². The molecule has 1 spiro atoms. The monoisotopic (exact) mass is 414 g/mol. The first-order valence-corrected chi connectivity index (χ1v) is 10.1. The lowest BCUT2D eigenvalue weighted by atomic mass is 9.80. The summed E-state index contributed by atoms with van der Waals surface area (Å²) in [6, 6.07) is 8.63. The number of urea groups is 1. The second-order valence-electron chi connectivity index (χ2n) is 6.83. The van der Waals surface area contributed by atoms with E-state index >= 15 is 0 Å². The molecule has 1 aliphatic heterocycles. The van der Waals surface area contributed by atoms with Crippen molar-refractivity contribution in [1.29, 1.82) is 0 Å². The average Bonchev–Trinajstić information content (AvgIpc) is 3.40. The molecule has 7 nitrogen and oxygen atoms in total. The zero-order valence-corrected chi connectivity index (χ0v) is 16.2. The first-order chi connectivity index (χ1) is 13.6. The van der Waals surface area contributed by atoms with Gasteiger partial charge in [-0.1, -0.05) is 28.9 Å². The van der Waals surface area contributed by atoms with Gasteiger partial charge in [-0.3, -0.25) is 9.69 Å². The molecule has 3 aromatic rings. The Morgan fingerprint density at radius 2 is 2.14 bits per heavy atom. The molecule has 3 amide bonds. The van der Waals surface area contributed by atoms with Gasteiger partial charge in [0.15, 0.2) is 0 Å². The second kappa shape index (κ2) is 6.42. The number of carbonyl (C=O) groups is 2. The van der Waals surface area contributed by atoms with E-state index in [1.807, 2.05) is 23.6 Å². The SMILES string of the molecule is O=C1N[C@@]2(CCCc3sccc32)C(=O)N1Cc1nc(-c2ccccc2Cl)no1. The van der Waals surface area contributed by atoms with Gasteiger partial charge in [-0.15, -0.1) is 11.3 Å². The number of nitrogens with zero attached hydrogens (tertiary/aromatic N) is 3. The van der Waals surface area contributed by atoms with Crippen LogP contribution in [-0.2, 0) is 23.3 Å². The molecule has 5 rings (SSSR count). The summed E-state index contributed by atoms with van der Waals surface area (Å²) in [5, 5.41) is 9.31. The van der Waals surface area contributed by atoms with Crippen molar-refractivity contribution >= 4 is 34.9 Å². The number of amides is 3. The molecular weight excluding hydrogens is 400 g/mol. The Morgan fingerprint density at radius 3 is 3.00 bits per heavy atom. The minimum Gasteiger partial charge on any atom is -0.337 e. The summed E-state index contributed by atoms with van der Waals surface area (Å²) in [5.74, 6) is 0.228. The summed E-state index contributed by atoms with van der Waals surface area (Å²) in [6.07, 6.45) is 2.37. The smallest absolute Gasteiger partial charge is 0.325 e. The van der Waals surface area contributed by atoms with Crippen molar-refractivity contribution in [2.75, 3.05) is 0 Å². The van der Waals surface area contributed by atoms with Crippen LogP contribution in [0.5, 0.6) is 0 Å². The molecule has 1 atom stereocenters. The lowest BCUT2D eigenvalue weighted by Crippen LogP contribution is -2.46. The van der Waals surface area contributed by atoms with Crippen LogP contribution >= 0.6 is 22.9 Å². The molecule has 0 unspecified atom stereocenters. The zero-order valence-electron chi connectivity index (χ0n) is 14.6. The zero-order chi connectivity index (χ0) is 19.3. The first kappa shape index (κ1) is 17.4. The summed E-state index contributed by atoms with van der Waals surface area (Å²) < 4.78 is 5.27. The number of rotatable bonds is 3. The predicted molar refractivity (Wildman–Crippen MR) is 103 cm³/mol. The highest BCUT2D eigenvalue weighted by Gasteiger charge is 2.54. The van der Waals surface area contributed by atoms with Gasteiger partial charge < -0.3 is 9.84 Å². The van der Waals surface area contributed by atoms with E-state index in [4.69, 9.17) is 16.1 Å². The number of halogens is 1. The molecule has 2 aliphatic rings. The number of fused-ring (bicyclic) bond motifs is 2. The van der Waals surface area contributed by atoms with Crippen LogP contribution in [0.2, 0.25) is 5.02 Å². The standard InChI is InChI=1S/C19H15ClN4O3S/c20-13-5-2-1-4-11(13)16-21-15(27-23-16)10-24-17(25)19(22-18(24)26)8-3-6-14-12(19)7-9-28-14/h1-2,4-5,7,9H,3,6,8,10H2,(H,22,26)/t19-/m1/s1. The number of aromatic nitrogens is 2. The molecule has 0 radical (unpaired) electrons. The van der Waals surface area contributed by atoms with Gasteiger partial charge in [0.1, 0.15) is 12.1 Å². The molecule has 0 bridgehead atoms. The van der Waals surface area contributed by atoms with Crippen LogP contribution < -0.4 is 5.32 Å². The van der Waals surface area contributed by atoms with Gasteiger partial charge in [-0.25, -0.2) is 4.79 Å². The molecule has 1 saturated heterocycles. The number of hydrogen-bond acceptors (Lipinski definition) is 6. The van der Waals surface area contributed by atoms with Gasteiger partial charge >= 0.3 is 6.03 Å². The molecule has 1 aromatic carbocycles. The highest BCUT2D eigenvalue weighted by atomic mass is 35.5. The second-order valence-corrected chi connectivity index (χ2v) is 8.24. The van der Waals surface area contributed by atoms with E-state index in [0.717, 1.165) is 28.2 Å². The van der Waals surface area contributed by atoms with Crippen LogP contribution in [0.25, 0.3) is 11.4 Å². The van der Waals surface area contributed by atoms with Crippen molar-refractivity contribution < 1.29 is 14.1 Å². The van der Waals surface area contributed by atoms with Crippen LogP contribution in [0, 0.1) is 0 Å². The number of thiophene rings is 1. The number of aryl methyl sites for hydroxylation is 1. The number of carbonyl (C=O) groups excluding carboxylic acids is 2. The Kier molecular flexibility index (Phi) is 3.99. The maximum Gasteiger partial charge on any atom is 0.325 e. The highest BCUT2D eigenvalue weighted by Crippen LogP contribution is 2.42. The fourth-order valence-corrected chi connectivity index (χ4v) is 5.11. The summed E-state index contributed by atoms with van der Waals surface area (Å²) >= 11 is 7.79. The van der Waals surface area contributed by atoms with Crippen molar-refractivity contribution in [2.24, 2.45) is 0 Å². The van der Waals surface area contributed by atoms with Crippen LogP contribution in [-0.4, -0.2) is 27.0 Å². The molecule has 1 fully saturated rings.